The molecular weight excluding hydrogens is 296 g/mol. The van der Waals surface area contributed by atoms with Crippen molar-refractivity contribution in [2.75, 3.05) is 0 Å². The summed E-state index contributed by atoms with van der Waals surface area (Å²) in [4.78, 5) is 19.8. The highest BCUT2D eigenvalue weighted by atomic mass is 32.2. The molecule has 0 fully saturated rings. The van der Waals surface area contributed by atoms with Crippen LogP contribution >= 0.6 is 11.8 Å². The molecule has 2 aromatic heterocycles. The summed E-state index contributed by atoms with van der Waals surface area (Å²) in [5, 5.41) is 1.73. The molecule has 0 aliphatic rings. The average molecular weight is 308 g/mol. The number of nitrogens with one attached hydrogen (secondary N) is 1. The first-order valence-electron chi connectivity index (χ1n) is 6.89. The normalized spacial score (nSPS) is 11.3. The van der Waals surface area contributed by atoms with Gasteiger partial charge in [-0.3, -0.25) is 0 Å². The highest BCUT2D eigenvalue weighted by Crippen LogP contribution is 2.23. The Labute approximate surface area is 130 Å². The fourth-order valence-electron chi connectivity index (χ4n) is 2.35. The molecule has 0 bridgehead atoms. The van der Waals surface area contributed by atoms with Crippen LogP contribution in [-0.4, -0.2) is 9.97 Å². The second-order valence-electron chi connectivity index (χ2n) is 4.94. The number of hydrogen-bond acceptors (Lipinski definition) is 4. The summed E-state index contributed by atoms with van der Waals surface area (Å²) >= 11 is 1.50. The predicted octanol–water partition coefficient (Wildman–Crippen LogP) is 3.96. The molecule has 108 valence electrons. The lowest BCUT2D eigenvalue weighted by Crippen LogP contribution is -2.05. The fourth-order valence-corrected chi connectivity index (χ4v) is 3.19. The van der Waals surface area contributed by atoms with Crippen LogP contribution in [-0.2, 0) is 5.75 Å². The SMILES string of the molecule is O=c1oc2ccccc2cc1CSc1nc2ccccc2[nH]1. The molecule has 0 spiro atoms. The molecule has 1 N–H and O–H groups in total. The minimum Gasteiger partial charge on any atom is -0.423 e. The van der Waals surface area contributed by atoms with Gasteiger partial charge >= 0.3 is 5.63 Å². The summed E-state index contributed by atoms with van der Waals surface area (Å²) in [7, 11) is 0. The second kappa shape index (κ2) is 5.35. The van der Waals surface area contributed by atoms with Crippen LogP contribution in [0.15, 0.2) is 69.0 Å². The molecule has 0 saturated carbocycles. The van der Waals surface area contributed by atoms with Crippen molar-refractivity contribution in [3.05, 3.63) is 70.6 Å². The molecule has 0 saturated heterocycles. The largest absolute Gasteiger partial charge is 0.423 e. The van der Waals surface area contributed by atoms with Crippen molar-refractivity contribution in [1.29, 1.82) is 0 Å². The number of nitrogens with zero attached hydrogens (tertiary/aromatic N) is 1. The van der Waals surface area contributed by atoms with Crippen molar-refractivity contribution in [2.45, 2.75) is 10.9 Å². The van der Waals surface area contributed by atoms with Crippen molar-refractivity contribution < 1.29 is 4.42 Å². The van der Waals surface area contributed by atoms with E-state index in [-0.39, 0.29) is 5.63 Å². The van der Waals surface area contributed by atoms with Gasteiger partial charge in [0.1, 0.15) is 5.58 Å². The van der Waals surface area contributed by atoms with Gasteiger partial charge in [0, 0.05) is 16.7 Å². The van der Waals surface area contributed by atoms with Gasteiger partial charge in [0.05, 0.1) is 11.0 Å². The topological polar surface area (TPSA) is 58.9 Å². The molecule has 22 heavy (non-hydrogen) atoms. The molecule has 4 rings (SSSR count). The standard InChI is InChI=1S/C17H12N2O2S/c20-16-12(9-11-5-1-4-8-15(11)21-16)10-22-17-18-13-6-2-3-7-14(13)19-17/h1-9H,10H2,(H,18,19). The highest BCUT2D eigenvalue weighted by Gasteiger charge is 2.08. The maximum atomic E-state index is 12.0. The lowest BCUT2D eigenvalue weighted by Gasteiger charge is -2.00. The molecule has 2 heterocycles. The number of benzene rings is 2. The van der Waals surface area contributed by atoms with Gasteiger partial charge in [0.15, 0.2) is 5.16 Å². The zero-order valence-electron chi connectivity index (χ0n) is 11.6. The van der Waals surface area contributed by atoms with E-state index < -0.39 is 0 Å². The van der Waals surface area contributed by atoms with Crippen LogP contribution in [0.25, 0.3) is 22.0 Å². The average Bonchev–Trinajstić information content (AvgIpc) is 2.95. The summed E-state index contributed by atoms with van der Waals surface area (Å²) in [6, 6.07) is 17.3. The van der Waals surface area contributed by atoms with Crippen LogP contribution in [0.1, 0.15) is 5.56 Å². The summed E-state index contributed by atoms with van der Waals surface area (Å²) in [5.74, 6) is 0.521. The van der Waals surface area contributed by atoms with Crippen LogP contribution in [0.5, 0.6) is 0 Å². The Kier molecular flexibility index (Phi) is 3.20. The number of imidazole rings is 1. The summed E-state index contributed by atoms with van der Waals surface area (Å²) in [6.45, 7) is 0. The smallest absolute Gasteiger partial charge is 0.340 e. The lowest BCUT2D eigenvalue weighted by atomic mass is 10.2. The fraction of sp³-hybridized carbons (Fsp3) is 0.0588. The molecule has 0 unspecified atom stereocenters. The number of hydrogen-bond donors (Lipinski definition) is 1. The first-order chi connectivity index (χ1) is 10.8. The van der Waals surface area contributed by atoms with Crippen molar-refractivity contribution >= 4 is 33.8 Å². The molecule has 0 aliphatic carbocycles. The molecule has 0 aliphatic heterocycles. The number of thioether (sulfide) groups is 1. The summed E-state index contributed by atoms with van der Waals surface area (Å²) < 4.78 is 5.34. The van der Waals surface area contributed by atoms with E-state index in [2.05, 4.69) is 9.97 Å². The number of H-pyrrole nitrogens is 1. The second-order valence-corrected chi connectivity index (χ2v) is 5.91. The van der Waals surface area contributed by atoms with Gasteiger partial charge in [0.25, 0.3) is 0 Å². The number of aromatic nitrogens is 2. The quantitative estimate of drug-likeness (QED) is 0.460. The van der Waals surface area contributed by atoms with Gasteiger partial charge in [-0.25, -0.2) is 9.78 Å². The summed E-state index contributed by atoms with van der Waals surface area (Å²) in [5.41, 5.74) is 2.89. The van der Waals surface area contributed by atoms with Crippen LogP contribution < -0.4 is 5.63 Å². The molecular formula is C17H12N2O2S. The van der Waals surface area contributed by atoms with Gasteiger partial charge < -0.3 is 9.40 Å². The van der Waals surface area contributed by atoms with Gasteiger partial charge in [-0.05, 0) is 24.3 Å². The number of para-hydroxylation sites is 3. The van der Waals surface area contributed by atoms with Crippen LogP contribution in [0.2, 0.25) is 0 Å². The molecule has 2 aromatic carbocycles. The van der Waals surface area contributed by atoms with Crippen LogP contribution in [0, 0.1) is 0 Å². The van der Waals surface area contributed by atoms with E-state index in [1.807, 2.05) is 48.5 Å². The van der Waals surface area contributed by atoms with Crippen molar-refractivity contribution in [3.63, 3.8) is 0 Å². The van der Waals surface area contributed by atoms with Crippen molar-refractivity contribution in [1.82, 2.24) is 9.97 Å². The van der Waals surface area contributed by atoms with Gasteiger partial charge in [-0.2, -0.15) is 0 Å². The zero-order chi connectivity index (χ0) is 14.9. The van der Waals surface area contributed by atoms with Crippen LogP contribution in [0.3, 0.4) is 0 Å². The van der Waals surface area contributed by atoms with E-state index in [0.29, 0.717) is 16.9 Å². The van der Waals surface area contributed by atoms with Crippen molar-refractivity contribution in [2.24, 2.45) is 0 Å². The van der Waals surface area contributed by atoms with Gasteiger partial charge in [0.2, 0.25) is 0 Å². The minimum atomic E-state index is -0.290. The van der Waals surface area contributed by atoms with Gasteiger partial charge in [-0.15, -0.1) is 0 Å². The third-order valence-electron chi connectivity index (χ3n) is 3.45. The number of fused-ring (bicyclic) bond motifs is 2. The molecule has 0 amide bonds. The number of rotatable bonds is 3. The van der Waals surface area contributed by atoms with Crippen molar-refractivity contribution in [3.8, 4) is 0 Å². The van der Waals surface area contributed by atoms with Gasteiger partial charge in [-0.1, -0.05) is 42.1 Å². The van der Waals surface area contributed by atoms with E-state index in [0.717, 1.165) is 21.6 Å². The molecule has 0 radical (unpaired) electrons. The molecule has 4 aromatic rings. The number of aromatic amines is 1. The first kappa shape index (κ1) is 13.2. The van der Waals surface area contributed by atoms with E-state index in [4.69, 9.17) is 4.42 Å². The molecule has 0 atom stereocenters. The Balaban J connectivity index is 1.63. The Morgan fingerprint density at radius 1 is 1.09 bits per heavy atom. The first-order valence-corrected chi connectivity index (χ1v) is 7.87. The third kappa shape index (κ3) is 2.40. The van der Waals surface area contributed by atoms with Crippen LogP contribution in [0.4, 0.5) is 0 Å². The molecule has 5 heteroatoms. The Morgan fingerprint density at radius 2 is 1.91 bits per heavy atom. The van der Waals surface area contributed by atoms with E-state index in [1.165, 1.54) is 11.8 Å². The Morgan fingerprint density at radius 3 is 2.82 bits per heavy atom. The summed E-state index contributed by atoms with van der Waals surface area (Å²) in [6.07, 6.45) is 0. The minimum absolute atomic E-state index is 0.290. The van der Waals surface area contributed by atoms with E-state index in [1.54, 1.807) is 6.07 Å². The molecule has 4 nitrogen and oxygen atoms in total. The highest BCUT2D eigenvalue weighted by molar-refractivity contribution is 7.98. The zero-order valence-corrected chi connectivity index (χ0v) is 12.4. The maximum absolute atomic E-state index is 12.0. The lowest BCUT2D eigenvalue weighted by molar-refractivity contribution is 0.554. The maximum Gasteiger partial charge on any atom is 0.340 e. The third-order valence-corrected chi connectivity index (χ3v) is 4.37. The predicted molar refractivity (Wildman–Crippen MR) is 88.1 cm³/mol. The Hall–Kier alpha value is -2.53. The van der Waals surface area contributed by atoms with E-state index in [9.17, 15) is 4.79 Å². The van der Waals surface area contributed by atoms with E-state index >= 15 is 0 Å². The monoisotopic (exact) mass is 308 g/mol. The Bertz CT molecular complexity index is 987.